The Hall–Kier alpha value is -1.58. The predicted molar refractivity (Wildman–Crippen MR) is 71.8 cm³/mol. The summed E-state index contributed by atoms with van der Waals surface area (Å²) in [4.78, 5) is 9.48. The molecule has 1 aromatic rings. The highest BCUT2D eigenvalue weighted by molar-refractivity contribution is 7.89. The molecule has 2 atom stereocenters. The number of hydrogen-bond donors (Lipinski definition) is 0. The van der Waals surface area contributed by atoms with Crippen LogP contribution in [0, 0.1) is 15.9 Å². The molecule has 1 fully saturated rings. The summed E-state index contributed by atoms with van der Waals surface area (Å²) in [6.45, 7) is 3.78. The topological polar surface area (TPSA) is 89.8 Å². The first kappa shape index (κ1) is 15.8. The molecule has 0 bridgehead atoms. The molecule has 7 nitrogen and oxygen atoms in total. The smallest absolute Gasteiger partial charge is 0.306 e. The lowest BCUT2D eigenvalue weighted by Crippen LogP contribution is -2.48. The van der Waals surface area contributed by atoms with Gasteiger partial charge in [0.2, 0.25) is 15.8 Å². The van der Waals surface area contributed by atoms with Gasteiger partial charge in [0, 0.05) is 19.2 Å². The third-order valence-corrected chi connectivity index (χ3v) is 4.97. The number of benzene rings is 1. The fourth-order valence-electron chi connectivity index (χ4n) is 2.27. The molecule has 1 saturated heterocycles. The number of nitro groups is 1. The summed E-state index contributed by atoms with van der Waals surface area (Å²) >= 11 is 0. The zero-order chi connectivity index (χ0) is 15.8. The van der Waals surface area contributed by atoms with Crippen LogP contribution in [0.5, 0.6) is 0 Å². The van der Waals surface area contributed by atoms with Crippen molar-refractivity contribution < 1.29 is 22.5 Å². The number of ether oxygens (including phenoxy) is 1. The molecule has 1 aliphatic heterocycles. The first-order valence-corrected chi connectivity index (χ1v) is 7.75. The van der Waals surface area contributed by atoms with E-state index in [0.29, 0.717) is 0 Å². The maximum absolute atomic E-state index is 13.3. The minimum Gasteiger partial charge on any atom is -0.373 e. The van der Waals surface area contributed by atoms with Gasteiger partial charge in [-0.2, -0.15) is 8.70 Å². The van der Waals surface area contributed by atoms with Crippen LogP contribution in [0.2, 0.25) is 0 Å². The van der Waals surface area contributed by atoms with Gasteiger partial charge in [-0.05, 0) is 26.0 Å². The van der Waals surface area contributed by atoms with Crippen LogP contribution in [0.3, 0.4) is 0 Å². The molecule has 0 aromatic heterocycles. The van der Waals surface area contributed by atoms with E-state index in [-0.39, 0.29) is 30.2 Å². The molecule has 0 unspecified atom stereocenters. The van der Waals surface area contributed by atoms with Crippen molar-refractivity contribution in [3.8, 4) is 0 Å². The summed E-state index contributed by atoms with van der Waals surface area (Å²) in [5, 5.41) is 10.7. The van der Waals surface area contributed by atoms with Crippen LogP contribution < -0.4 is 0 Å². The lowest BCUT2D eigenvalue weighted by Gasteiger charge is -2.34. The van der Waals surface area contributed by atoms with Crippen LogP contribution >= 0.6 is 0 Å². The molecule has 0 saturated carbocycles. The predicted octanol–water partition coefficient (Wildman–Crippen LogP) is 1.53. The maximum Gasteiger partial charge on any atom is 0.306 e. The molecular formula is C12H15FN2O5S. The van der Waals surface area contributed by atoms with Crippen molar-refractivity contribution in [2.75, 3.05) is 13.1 Å². The summed E-state index contributed by atoms with van der Waals surface area (Å²) < 4.78 is 44.9. The molecule has 2 rings (SSSR count). The van der Waals surface area contributed by atoms with E-state index in [1.807, 2.05) is 0 Å². The highest BCUT2D eigenvalue weighted by atomic mass is 32.2. The van der Waals surface area contributed by atoms with Gasteiger partial charge in [-0.1, -0.05) is 0 Å². The van der Waals surface area contributed by atoms with Gasteiger partial charge in [-0.25, -0.2) is 8.42 Å². The van der Waals surface area contributed by atoms with Gasteiger partial charge in [-0.3, -0.25) is 10.1 Å². The Bertz CT molecular complexity index is 654. The largest absolute Gasteiger partial charge is 0.373 e. The van der Waals surface area contributed by atoms with Crippen molar-refractivity contribution in [3.05, 3.63) is 34.1 Å². The molecule has 9 heteroatoms. The van der Waals surface area contributed by atoms with Crippen molar-refractivity contribution in [2.24, 2.45) is 0 Å². The Morgan fingerprint density at radius 2 is 1.90 bits per heavy atom. The summed E-state index contributed by atoms with van der Waals surface area (Å²) in [6, 6.07) is 2.57. The Balaban J connectivity index is 2.40. The minimum absolute atomic E-state index is 0.151. The van der Waals surface area contributed by atoms with Gasteiger partial charge < -0.3 is 4.74 Å². The van der Waals surface area contributed by atoms with Crippen molar-refractivity contribution in [1.29, 1.82) is 0 Å². The molecule has 1 aliphatic rings. The first-order chi connectivity index (χ1) is 9.71. The first-order valence-electron chi connectivity index (χ1n) is 6.31. The summed E-state index contributed by atoms with van der Waals surface area (Å²) in [7, 11) is -3.92. The Morgan fingerprint density at radius 3 is 2.43 bits per heavy atom. The number of sulfonamides is 1. The van der Waals surface area contributed by atoms with E-state index < -0.39 is 26.5 Å². The van der Waals surface area contributed by atoms with Gasteiger partial charge in [0.05, 0.1) is 22.0 Å². The zero-order valence-electron chi connectivity index (χ0n) is 11.5. The molecule has 0 N–H and O–H groups in total. The molecule has 0 radical (unpaired) electrons. The number of nitro benzene ring substituents is 1. The second-order valence-electron chi connectivity index (χ2n) is 4.95. The SMILES string of the molecule is C[C@@H]1CN(S(=O)(=O)c2ccc(F)c([N+](=O)[O-])c2)C[C@@H](C)O1. The van der Waals surface area contributed by atoms with Gasteiger partial charge in [0.1, 0.15) is 0 Å². The van der Waals surface area contributed by atoms with Crippen LogP contribution in [0.4, 0.5) is 10.1 Å². The van der Waals surface area contributed by atoms with Gasteiger partial charge >= 0.3 is 5.69 Å². The number of nitrogens with zero attached hydrogens (tertiary/aromatic N) is 2. The van der Waals surface area contributed by atoms with Crippen molar-refractivity contribution in [3.63, 3.8) is 0 Å². The van der Waals surface area contributed by atoms with E-state index in [1.54, 1.807) is 13.8 Å². The minimum atomic E-state index is -3.92. The highest BCUT2D eigenvalue weighted by Crippen LogP contribution is 2.26. The summed E-state index contributed by atoms with van der Waals surface area (Å²) in [6.07, 6.45) is -0.557. The molecular weight excluding hydrogens is 303 g/mol. The third-order valence-electron chi connectivity index (χ3n) is 3.14. The zero-order valence-corrected chi connectivity index (χ0v) is 12.3. The van der Waals surface area contributed by atoms with E-state index >= 15 is 0 Å². The Kier molecular flexibility index (Phi) is 4.26. The van der Waals surface area contributed by atoms with E-state index in [1.165, 1.54) is 4.31 Å². The fourth-order valence-corrected chi connectivity index (χ4v) is 3.88. The van der Waals surface area contributed by atoms with Gasteiger partial charge in [0.15, 0.2) is 0 Å². The summed E-state index contributed by atoms with van der Waals surface area (Å²) in [5.74, 6) is -1.07. The van der Waals surface area contributed by atoms with Crippen molar-refractivity contribution in [2.45, 2.75) is 31.0 Å². The number of morpholine rings is 1. The third kappa shape index (κ3) is 3.20. The van der Waals surface area contributed by atoms with E-state index in [0.717, 1.165) is 18.2 Å². The van der Waals surface area contributed by atoms with E-state index in [4.69, 9.17) is 4.74 Å². The number of rotatable bonds is 3. The second-order valence-corrected chi connectivity index (χ2v) is 6.89. The molecule has 21 heavy (non-hydrogen) atoms. The number of halogens is 1. The Labute approximate surface area is 121 Å². The molecule has 0 amide bonds. The van der Waals surface area contributed by atoms with Crippen molar-refractivity contribution >= 4 is 15.7 Å². The Morgan fingerprint density at radius 1 is 1.33 bits per heavy atom. The normalized spacial score (nSPS) is 24.0. The van der Waals surface area contributed by atoms with Crippen LogP contribution in [0.15, 0.2) is 23.1 Å². The fraction of sp³-hybridized carbons (Fsp3) is 0.500. The quantitative estimate of drug-likeness (QED) is 0.623. The van der Waals surface area contributed by atoms with Crippen LogP contribution in [0.25, 0.3) is 0 Å². The summed E-state index contributed by atoms with van der Waals surface area (Å²) in [5.41, 5.74) is -0.856. The average Bonchev–Trinajstić information content (AvgIpc) is 2.37. The van der Waals surface area contributed by atoms with Crippen molar-refractivity contribution in [1.82, 2.24) is 4.31 Å². The lowest BCUT2D eigenvalue weighted by atomic mass is 10.3. The van der Waals surface area contributed by atoms with Crippen LogP contribution in [-0.4, -0.2) is 42.9 Å². The number of hydrogen-bond acceptors (Lipinski definition) is 5. The maximum atomic E-state index is 13.3. The average molecular weight is 318 g/mol. The van der Waals surface area contributed by atoms with Gasteiger partial charge in [0.25, 0.3) is 0 Å². The molecule has 0 spiro atoms. The van der Waals surface area contributed by atoms with Crippen LogP contribution in [0.1, 0.15) is 13.8 Å². The standard InChI is InChI=1S/C12H15FN2O5S/c1-8-6-14(7-9(2)20-8)21(18,19)10-3-4-11(13)12(5-10)15(16)17/h3-5,8-9H,6-7H2,1-2H3/t8-,9-/m1/s1. The molecule has 116 valence electrons. The highest BCUT2D eigenvalue weighted by Gasteiger charge is 2.33. The van der Waals surface area contributed by atoms with Crippen LogP contribution in [-0.2, 0) is 14.8 Å². The molecule has 0 aliphatic carbocycles. The van der Waals surface area contributed by atoms with E-state index in [2.05, 4.69) is 0 Å². The van der Waals surface area contributed by atoms with E-state index in [9.17, 15) is 22.9 Å². The second kappa shape index (κ2) is 5.66. The monoisotopic (exact) mass is 318 g/mol. The molecule has 1 heterocycles. The van der Waals surface area contributed by atoms with Gasteiger partial charge in [-0.15, -0.1) is 0 Å². The molecule has 1 aromatic carbocycles. The lowest BCUT2D eigenvalue weighted by molar-refractivity contribution is -0.387.